The minimum absolute atomic E-state index is 0.168. The maximum absolute atomic E-state index is 12.4. The van der Waals surface area contributed by atoms with E-state index in [1.54, 1.807) is 29.7 Å². The van der Waals surface area contributed by atoms with E-state index in [4.69, 9.17) is 9.26 Å². The van der Waals surface area contributed by atoms with Crippen LogP contribution in [0.2, 0.25) is 0 Å². The van der Waals surface area contributed by atoms with Crippen molar-refractivity contribution in [3.8, 4) is 0 Å². The number of hydrogen-bond acceptors (Lipinski definition) is 7. The molecular weight excluding hydrogens is 388 g/mol. The van der Waals surface area contributed by atoms with E-state index >= 15 is 0 Å². The van der Waals surface area contributed by atoms with E-state index in [-0.39, 0.29) is 22.4 Å². The third-order valence-corrected chi connectivity index (χ3v) is 4.54. The number of amides is 1. The molecule has 30 heavy (non-hydrogen) atoms. The van der Waals surface area contributed by atoms with Crippen LogP contribution in [0, 0.1) is 6.92 Å². The van der Waals surface area contributed by atoms with Gasteiger partial charge in [0.05, 0.1) is 22.3 Å². The molecule has 158 valence electrons. The lowest BCUT2D eigenvalue weighted by atomic mass is 9.92. The van der Waals surface area contributed by atoms with Crippen molar-refractivity contribution in [2.45, 2.75) is 46.6 Å². The topological polar surface area (TPSA) is 116 Å². The van der Waals surface area contributed by atoms with Crippen molar-refractivity contribution >= 4 is 28.8 Å². The van der Waals surface area contributed by atoms with Crippen LogP contribution >= 0.6 is 0 Å². The van der Waals surface area contributed by atoms with Crippen molar-refractivity contribution in [3.05, 3.63) is 51.6 Å². The molecule has 0 unspecified atom stereocenters. The number of anilines is 1. The minimum atomic E-state index is -0.672. The molecule has 0 aliphatic rings. The van der Waals surface area contributed by atoms with Crippen LogP contribution in [0.3, 0.4) is 0 Å². The Morgan fingerprint density at radius 1 is 1.23 bits per heavy atom. The zero-order valence-corrected chi connectivity index (χ0v) is 17.6. The molecule has 1 N–H and O–H groups in total. The maximum atomic E-state index is 12.4. The number of carbonyl (C=O) groups excluding carboxylic acids is 2. The largest absolute Gasteiger partial charge is 0.452 e. The summed E-state index contributed by atoms with van der Waals surface area (Å²) in [6.07, 6.45) is 0. The summed E-state index contributed by atoms with van der Waals surface area (Å²) in [5, 5.41) is 6.41. The van der Waals surface area contributed by atoms with Crippen molar-refractivity contribution in [1.82, 2.24) is 14.7 Å². The first-order valence-corrected chi connectivity index (χ1v) is 9.55. The number of nitrogens with zero attached hydrogens (tertiary/aromatic N) is 3. The van der Waals surface area contributed by atoms with E-state index in [0.717, 1.165) is 0 Å². The second-order valence-electron chi connectivity index (χ2n) is 7.90. The molecule has 0 bridgehead atoms. The summed E-state index contributed by atoms with van der Waals surface area (Å²) in [6, 6.07) is 6.35. The van der Waals surface area contributed by atoms with Crippen LogP contribution in [0.15, 0.2) is 33.6 Å². The molecule has 0 saturated carbocycles. The Labute approximate surface area is 173 Å². The highest BCUT2D eigenvalue weighted by Gasteiger charge is 2.20. The summed E-state index contributed by atoms with van der Waals surface area (Å²) in [5.41, 5.74) is 2.02. The number of aromatic nitrogens is 3. The zero-order valence-electron chi connectivity index (χ0n) is 17.6. The van der Waals surface area contributed by atoms with Crippen molar-refractivity contribution in [1.29, 1.82) is 0 Å². The van der Waals surface area contributed by atoms with Gasteiger partial charge in [-0.1, -0.05) is 25.9 Å². The molecular formula is C21H24N4O5. The fourth-order valence-corrected chi connectivity index (χ4v) is 2.89. The molecule has 0 fully saturated rings. The van der Waals surface area contributed by atoms with Crippen LogP contribution in [0.5, 0.6) is 0 Å². The number of benzene rings is 1. The third kappa shape index (κ3) is 4.40. The number of aryl methyl sites for hydroxylation is 2. The van der Waals surface area contributed by atoms with Crippen molar-refractivity contribution < 1.29 is 18.8 Å². The summed E-state index contributed by atoms with van der Waals surface area (Å²) < 4.78 is 11.8. The van der Waals surface area contributed by atoms with Crippen LogP contribution in [0.4, 0.5) is 5.88 Å². The number of fused-ring (bicyclic) bond motifs is 1. The molecule has 2 heterocycles. The number of rotatable bonds is 5. The number of ether oxygens (including phenoxy) is 1. The Morgan fingerprint density at radius 2 is 1.97 bits per heavy atom. The lowest BCUT2D eigenvalue weighted by Gasteiger charge is -2.12. The average Bonchev–Trinajstić information content (AvgIpc) is 3.15. The predicted molar refractivity (Wildman–Crippen MR) is 111 cm³/mol. The lowest BCUT2D eigenvalue weighted by molar-refractivity contribution is -0.119. The first kappa shape index (κ1) is 21.2. The predicted octanol–water partition coefficient (Wildman–Crippen LogP) is 2.81. The minimum Gasteiger partial charge on any atom is -0.452 e. The lowest BCUT2D eigenvalue weighted by Crippen LogP contribution is -2.23. The molecule has 2 aromatic heterocycles. The van der Waals surface area contributed by atoms with Gasteiger partial charge in [0, 0.05) is 18.0 Å². The van der Waals surface area contributed by atoms with Gasteiger partial charge in [0.15, 0.2) is 6.61 Å². The molecule has 0 aliphatic carbocycles. The Hall–Kier alpha value is -3.49. The molecule has 0 aliphatic heterocycles. The summed E-state index contributed by atoms with van der Waals surface area (Å²) in [5.74, 6) is -1.04. The van der Waals surface area contributed by atoms with Gasteiger partial charge in [0.2, 0.25) is 5.88 Å². The molecule has 3 rings (SSSR count). The Balaban J connectivity index is 1.68. The van der Waals surface area contributed by atoms with Crippen molar-refractivity contribution in [3.63, 3.8) is 0 Å². The maximum Gasteiger partial charge on any atom is 0.338 e. The van der Waals surface area contributed by atoms with E-state index < -0.39 is 18.5 Å². The van der Waals surface area contributed by atoms with Gasteiger partial charge in [0.1, 0.15) is 5.69 Å². The molecule has 0 radical (unpaired) electrons. The van der Waals surface area contributed by atoms with Gasteiger partial charge in [0.25, 0.3) is 11.5 Å². The zero-order chi connectivity index (χ0) is 22.1. The summed E-state index contributed by atoms with van der Waals surface area (Å²) in [4.78, 5) is 40.8. The second kappa shape index (κ2) is 8.10. The van der Waals surface area contributed by atoms with Gasteiger partial charge in [-0.15, -0.1) is 0 Å². The number of esters is 1. The molecule has 9 nitrogen and oxygen atoms in total. The monoisotopic (exact) mass is 412 g/mol. The Bertz CT molecular complexity index is 1170. The second-order valence-corrected chi connectivity index (χ2v) is 7.90. The van der Waals surface area contributed by atoms with E-state index in [0.29, 0.717) is 29.0 Å². The highest BCUT2D eigenvalue weighted by Crippen LogP contribution is 2.23. The SMILES string of the molecule is CCn1c(=O)c(C)nc2cc(C(=O)OCC(=O)Nc3cc(C(C)(C)C)no3)ccc21. The van der Waals surface area contributed by atoms with Crippen LogP contribution in [0.1, 0.15) is 49.4 Å². The smallest absolute Gasteiger partial charge is 0.338 e. The quantitative estimate of drug-likeness (QED) is 0.641. The van der Waals surface area contributed by atoms with Gasteiger partial charge < -0.3 is 13.8 Å². The molecule has 0 saturated heterocycles. The summed E-state index contributed by atoms with van der Waals surface area (Å²) in [7, 11) is 0. The van der Waals surface area contributed by atoms with Gasteiger partial charge in [-0.05, 0) is 32.0 Å². The van der Waals surface area contributed by atoms with Crippen LogP contribution in [-0.4, -0.2) is 33.2 Å². The first-order valence-electron chi connectivity index (χ1n) is 9.55. The third-order valence-electron chi connectivity index (χ3n) is 4.54. The van der Waals surface area contributed by atoms with Gasteiger partial charge in [-0.25, -0.2) is 9.78 Å². The van der Waals surface area contributed by atoms with Crippen LogP contribution in [-0.2, 0) is 21.5 Å². The van der Waals surface area contributed by atoms with E-state index in [9.17, 15) is 14.4 Å². The molecule has 1 aromatic carbocycles. The Morgan fingerprint density at radius 3 is 2.60 bits per heavy atom. The normalized spacial score (nSPS) is 11.5. The number of hydrogen-bond donors (Lipinski definition) is 1. The van der Waals surface area contributed by atoms with E-state index in [1.807, 2.05) is 27.7 Å². The van der Waals surface area contributed by atoms with Crippen molar-refractivity contribution in [2.75, 3.05) is 11.9 Å². The molecule has 9 heteroatoms. The fourth-order valence-electron chi connectivity index (χ4n) is 2.89. The summed E-state index contributed by atoms with van der Waals surface area (Å²) >= 11 is 0. The van der Waals surface area contributed by atoms with Gasteiger partial charge in [-0.3, -0.25) is 14.9 Å². The summed E-state index contributed by atoms with van der Waals surface area (Å²) in [6.45, 7) is 9.40. The van der Waals surface area contributed by atoms with E-state index in [2.05, 4.69) is 15.5 Å². The standard InChI is InChI=1S/C21H24N4O5/c1-6-25-15-8-7-13(9-14(15)22-12(2)19(25)27)20(28)29-11-17(26)23-18-10-16(24-30-18)21(3,4)5/h7-10H,6,11H2,1-5H3,(H,23,26). The van der Waals surface area contributed by atoms with Crippen molar-refractivity contribution in [2.24, 2.45) is 0 Å². The van der Waals surface area contributed by atoms with E-state index in [1.165, 1.54) is 6.07 Å². The highest BCUT2D eigenvalue weighted by atomic mass is 16.5. The molecule has 1 amide bonds. The highest BCUT2D eigenvalue weighted by molar-refractivity contribution is 5.96. The van der Waals surface area contributed by atoms with Gasteiger partial charge in [-0.2, -0.15) is 0 Å². The Kier molecular flexibility index (Phi) is 5.73. The molecule has 0 atom stereocenters. The molecule has 0 spiro atoms. The van der Waals surface area contributed by atoms with Crippen LogP contribution in [0.25, 0.3) is 11.0 Å². The van der Waals surface area contributed by atoms with Crippen LogP contribution < -0.4 is 10.9 Å². The number of nitrogens with one attached hydrogen (secondary N) is 1. The number of carbonyl (C=O) groups is 2. The fraction of sp³-hybridized carbons (Fsp3) is 0.381. The first-order chi connectivity index (χ1) is 14.1. The van der Waals surface area contributed by atoms with Gasteiger partial charge >= 0.3 is 5.97 Å². The molecule has 3 aromatic rings. The average molecular weight is 412 g/mol.